The Morgan fingerprint density at radius 2 is 1.73 bits per heavy atom. The topological polar surface area (TPSA) is 99.7 Å². The van der Waals surface area contributed by atoms with Gasteiger partial charge in [-0.15, -0.1) is 0 Å². The Balaban J connectivity index is 1.45. The van der Waals surface area contributed by atoms with Crippen molar-refractivity contribution in [1.82, 2.24) is 10.7 Å². The third kappa shape index (κ3) is 5.49. The van der Waals surface area contributed by atoms with Crippen LogP contribution in [-0.4, -0.2) is 17.2 Å². The molecule has 0 saturated carbocycles. The summed E-state index contributed by atoms with van der Waals surface area (Å²) >= 11 is 5.87. The second kappa shape index (κ2) is 10.2. The summed E-state index contributed by atoms with van der Waals surface area (Å²) in [4.78, 5) is 12.3. The van der Waals surface area contributed by atoms with Gasteiger partial charge in [0.1, 0.15) is 5.75 Å². The predicted octanol–water partition coefficient (Wildman–Crippen LogP) is 4.83. The van der Waals surface area contributed by atoms with Crippen LogP contribution in [-0.2, 0) is 13.1 Å². The molecule has 0 bridgehead atoms. The predicted molar refractivity (Wildman–Crippen MR) is 134 cm³/mol. The molecule has 4 aromatic rings. The summed E-state index contributed by atoms with van der Waals surface area (Å²) < 4.78 is 0. The number of aromatic hydroxyl groups is 1. The number of hydrogen-bond acceptors (Lipinski definition) is 5. The highest BCUT2D eigenvalue weighted by molar-refractivity contribution is 6.32. The van der Waals surface area contributed by atoms with Gasteiger partial charge >= 0.3 is 0 Å². The summed E-state index contributed by atoms with van der Waals surface area (Å²) in [5.41, 5.74) is 12.5. The van der Waals surface area contributed by atoms with Gasteiger partial charge in [-0.25, -0.2) is 5.43 Å². The smallest absolute Gasteiger partial charge is 0.271 e. The molecule has 0 aliphatic carbocycles. The molecular formula is C26H23ClN4O2. The molecule has 0 radical (unpaired) electrons. The molecule has 33 heavy (non-hydrogen) atoms. The number of benzene rings is 4. The lowest BCUT2D eigenvalue weighted by atomic mass is 10.00. The van der Waals surface area contributed by atoms with Crippen molar-refractivity contribution in [2.75, 3.05) is 5.73 Å². The average Bonchev–Trinajstić information content (AvgIpc) is 2.83. The highest BCUT2D eigenvalue weighted by Crippen LogP contribution is 2.24. The fourth-order valence-corrected chi connectivity index (χ4v) is 3.68. The number of nitrogens with two attached hydrogens (primary N) is 1. The lowest BCUT2D eigenvalue weighted by Crippen LogP contribution is -2.17. The van der Waals surface area contributed by atoms with Crippen LogP contribution in [0.5, 0.6) is 5.75 Å². The van der Waals surface area contributed by atoms with Crippen LogP contribution in [0.15, 0.2) is 84.0 Å². The monoisotopic (exact) mass is 458 g/mol. The molecular weight excluding hydrogens is 436 g/mol. The molecule has 7 heteroatoms. The summed E-state index contributed by atoms with van der Waals surface area (Å²) in [7, 11) is 0. The molecule has 0 aliphatic rings. The Morgan fingerprint density at radius 1 is 0.970 bits per heavy atom. The minimum absolute atomic E-state index is 0.0776. The highest BCUT2D eigenvalue weighted by Gasteiger charge is 2.08. The number of hydrogen-bond donors (Lipinski definition) is 4. The first-order valence-corrected chi connectivity index (χ1v) is 10.8. The molecule has 4 aromatic carbocycles. The van der Waals surface area contributed by atoms with E-state index < -0.39 is 5.91 Å². The van der Waals surface area contributed by atoms with Gasteiger partial charge in [0.25, 0.3) is 5.91 Å². The third-order valence-corrected chi connectivity index (χ3v) is 5.55. The molecule has 0 fully saturated rings. The van der Waals surface area contributed by atoms with Gasteiger partial charge in [-0.05, 0) is 52.2 Å². The number of carbonyl (C=O) groups excluding carboxylic acids is 1. The number of rotatable bonds is 7. The van der Waals surface area contributed by atoms with Gasteiger partial charge in [0.2, 0.25) is 0 Å². The summed E-state index contributed by atoms with van der Waals surface area (Å²) in [5, 5.41) is 19.3. The first-order valence-electron chi connectivity index (χ1n) is 10.4. The molecule has 166 valence electrons. The van der Waals surface area contributed by atoms with Crippen molar-refractivity contribution in [1.29, 1.82) is 0 Å². The molecule has 0 spiro atoms. The molecule has 4 rings (SSSR count). The summed E-state index contributed by atoms with van der Waals surface area (Å²) in [6, 6.07) is 24.2. The number of hydrazone groups is 1. The molecule has 0 atom stereocenters. The molecule has 1 amide bonds. The van der Waals surface area contributed by atoms with Gasteiger partial charge in [0, 0.05) is 29.9 Å². The van der Waals surface area contributed by atoms with E-state index in [1.807, 2.05) is 48.5 Å². The second-order valence-corrected chi connectivity index (χ2v) is 7.98. The van der Waals surface area contributed by atoms with Crippen molar-refractivity contribution in [2.24, 2.45) is 5.10 Å². The minimum Gasteiger partial charge on any atom is -0.506 e. The molecule has 0 aromatic heterocycles. The molecule has 0 heterocycles. The van der Waals surface area contributed by atoms with Crippen molar-refractivity contribution < 1.29 is 9.90 Å². The van der Waals surface area contributed by atoms with Crippen LogP contribution in [0.4, 0.5) is 5.69 Å². The van der Waals surface area contributed by atoms with Crippen LogP contribution < -0.4 is 16.5 Å². The average molecular weight is 459 g/mol. The molecule has 0 aliphatic heterocycles. The minimum atomic E-state index is -0.416. The van der Waals surface area contributed by atoms with E-state index in [9.17, 15) is 9.90 Å². The SMILES string of the molecule is Nc1ccc(CNCc2ccc(C=NNC(=O)c3ccc(O)c(Cl)c3)c3ccccc23)cc1. The Morgan fingerprint density at radius 3 is 2.48 bits per heavy atom. The maximum atomic E-state index is 12.3. The number of phenols is 1. The summed E-state index contributed by atoms with van der Waals surface area (Å²) in [6.45, 7) is 1.45. The van der Waals surface area contributed by atoms with Crippen LogP contribution in [0.1, 0.15) is 27.0 Å². The van der Waals surface area contributed by atoms with Crippen LogP contribution in [0.3, 0.4) is 0 Å². The van der Waals surface area contributed by atoms with E-state index >= 15 is 0 Å². The second-order valence-electron chi connectivity index (χ2n) is 7.57. The lowest BCUT2D eigenvalue weighted by molar-refractivity contribution is 0.0955. The van der Waals surface area contributed by atoms with E-state index in [4.69, 9.17) is 17.3 Å². The third-order valence-electron chi connectivity index (χ3n) is 5.25. The molecule has 6 nitrogen and oxygen atoms in total. The zero-order valence-electron chi connectivity index (χ0n) is 17.8. The number of nitrogens with one attached hydrogen (secondary N) is 2. The largest absolute Gasteiger partial charge is 0.506 e. The zero-order valence-corrected chi connectivity index (χ0v) is 18.5. The van der Waals surface area contributed by atoms with Gasteiger partial charge in [0.15, 0.2) is 0 Å². The standard InChI is InChI=1S/C26H23ClN4O2/c27-24-13-18(9-12-25(24)32)26(33)31-30-16-20-8-7-19(22-3-1-2-4-23(20)22)15-29-14-17-5-10-21(28)11-6-17/h1-13,16,29,32H,14-15,28H2,(H,31,33). The number of phenolic OH excluding ortho intramolecular Hbond substituents is 1. The first kappa shape index (κ1) is 22.3. The van der Waals surface area contributed by atoms with Gasteiger partial charge in [-0.3, -0.25) is 4.79 Å². The maximum absolute atomic E-state index is 12.3. The number of nitrogens with zero attached hydrogens (tertiary/aromatic N) is 1. The molecule has 5 N–H and O–H groups in total. The Hall–Kier alpha value is -3.87. The quantitative estimate of drug-likeness (QED) is 0.181. The summed E-state index contributed by atoms with van der Waals surface area (Å²) in [5.74, 6) is -0.493. The Bertz CT molecular complexity index is 1320. The van der Waals surface area contributed by atoms with Crippen LogP contribution in [0.25, 0.3) is 10.8 Å². The van der Waals surface area contributed by atoms with E-state index in [1.165, 1.54) is 29.3 Å². The number of anilines is 1. The van der Waals surface area contributed by atoms with Crippen molar-refractivity contribution in [3.8, 4) is 5.75 Å². The number of carbonyl (C=O) groups is 1. The van der Waals surface area contributed by atoms with Crippen molar-refractivity contribution >= 4 is 40.2 Å². The van der Waals surface area contributed by atoms with E-state index in [1.54, 1.807) is 6.21 Å². The van der Waals surface area contributed by atoms with Crippen LogP contribution in [0.2, 0.25) is 5.02 Å². The van der Waals surface area contributed by atoms with Crippen LogP contribution >= 0.6 is 11.6 Å². The first-order chi connectivity index (χ1) is 16.0. The lowest BCUT2D eigenvalue weighted by Gasteiger charge is -2.11. The molecule has 0 unspecified atom stereocenters. The van der Waals surface area contributed by atoms with E-state index in [0.29, 0.717) is 12.1 Å². The maximum Gasteiger partial charge on any atom is 0.271 e. The summed E-state index contributed by atoms with van der Waals surface area (Å²) in [6.07, 6.45) is 1.62. The fraction of sp³-hybridized carbons (Fsp3) is 0.0769. The normalized spacial score (nSPS) is 11.2. The van der Waals surface area contributed by atoms with Gasteiger partial charge in [-0.1, -0.05) is 60.1 Å². The van der Waals surface area contributed by atoms with E-state index in [0.717, 1.165) is 28.6 Å². The zero-order chi connectivity index (χ0) is 23.2. The van der Waals surface area contributed by atoms with E-state index in [-0.39, 0.29) is 10.8 Å². The van der Waals surface area contributed by atoms with Gasteiger partial charge < -0.3 is 16.2 Å². The van der Waals surface area contributed by atoms with Gasteiger partial charge in [0.05, 0.1) is 11.2 Å². The fourth-order valence-electron chi connectivity index (χ4n) is 3.50. The van der Waals surface area contributed by atoms with E-state index in [2.05, 4.69) is 28.0 Å². The van der Waals surface area contributed by atoms with Crippen molar-refractivity contribution in [2.45, 2.75) is 13.1 Å². The number of amides is 1. The van der Waals surface area contributed by atoms with Crippen LogP contribution in [0, 0.1) is 0 Å². The number of fused-ring (bicyclic) bond motifs is 1. The number of nitrogen functional groups attached to an aromatic ring is 1. The Kier molecular flexibility index (Phi) is 6.88. The number of halogens is 1. The molecule has 0 saturated heterocycles. The van der Waals surface area contributed by atoms with Crippen molar-refractivity contribution in [3.63, 3.8) is 0 Å². The Labute approximate surface area is 196 Å². The van der Waals surface area contributed by atoms with Gasteiger partial charge in [-0.2, -0.15) is 5.10 Å². The van der Waals surface area contributed by atoms with Crippen molar-refractivity contribution in [3.05, 3.63) is 106 Å². The highest BCUT2D eigenvalue weighted by atomic mass is 35.5.